The van der Waals surface area contributed by atoms with E-state index in [1.54, 1.807) is 0 Å². The third-order valence-electron chi connectivity index (χ3n) is 4.00. The van der Waals surface area contributed by atoms with Crippen LogP contribution in [0.25, 0.3) is 0 Å². The fourth-order valence-corrected chi connectivity index (χ4v) is 3.44. The van der Waals surface area contributed by atoms with Crippen molar-refractivity contribution >= 4 is 41.5 Å². The van der Waals surface area contributed by atoms with Crippen LogP contribution in [0.4, 0.5) is 0 Å². The summed E-state index contributed by atoms with van der Waals surface area (Å²) < 4.78 is 0. The molecular weight excluding hydrogens is 323 g/mol. The van der Waals surface area contributed by atoms with E-state index in [4.69, 9.17) is 23.2 Å². The summed E-state index contributed by atoms with van der Waals surface area (Å²) in [5.74, 6) is 0.439. The van der Waals surface area contributed by atoms with Gasteiger partial charge in [0.2, 0.25) is 0 Å². The third-order valence-corrected chi connectivity index (χ3v) is 4.51. The molecule has 7 heteroatoms. The van der Waals surface area contributed by atoms with Crippen molar-refractivity contribution in [2.75, 3.05) is 13.1 Å². The second-order valence-corrected chi connectivity index (χ2v) is 6.04. The molecular formula is C13H15Cl3N2O2. The highest BCUT2D eigenvalue weighted by Gasteiger charge is 2.44. The predicted octanol–water partition coefficient (Wildman–Crippen LogP) is 2.46. The van der Waals surface area contributed by atoms with Gasteiger partial charge >= 0.3 is 0 Å². The van der Waals surface area contributed by atoms with E-state index in [0.29, 0.717) is 16.9 Å². The highest BCUT2D eigenvalue weighted by Crippen LogP contribution is 2.37. The Hall–Kier alpha value is -0.680. The van der Waals surface area contributed by atoms with Crippen molar-refractivity contribution < 1.29 is 9.90 Å². The summed E-state index contributed by atoms with van der Waals surface area (Å²) >= 11 is 11.7. The number of hydrogen-bond acceptors (Lipinski definition) is 3. The molecule has 0 spiro atoms. The number of carbonyl (C=O) groups excluding carboxylic acids is 1. The number of piperidine rings is 2. The number of aromatic hydroxyl groups is 1. The minimum atomic E-state index is -0.316. The minimum Gasteiger partial charge on any atom is -0.506 e. The smallest absolute Gasteiger partial charge is 0.255 e. The second-order valence-electron chi connectivity index (χ2n) is 5.20. The molecule has 4 nitrogen and oxygen atoms in total. The molecule has 0 radical (unpaired) electrons. The molecule has 2 bridgehead atoms. The van der Waals surface area contributed by atoms with Crippen LogP contribution in [0.1, 0.15) is 16.8 Å². The van der Waals surface area contributed by atoms with Crippen molar-refractivity contribution in [3.8, 4) is 5.75 Å². The third kappa shape index (κ3) is 2.70. The number of fused-ring (bicyclic) bond motifs is 2. The molecule has 20 heavy (non-hydrogen) atoms. The van der Waals surface area contributed by atoms with Crippen LogP contribution < -0.4 is 10.6 Å². The molecule has 1 aliphatic carbocycles. The number of phenolic OH excluding ortho intramolecular Hbond substituents is 1. The number of amides is 1. The second kappa shape index (κ2) is 5.98. The molecule has 1 amide bonds. The Kier molecular flexibility index (Phi) is 4.69. The maximum atomic E-state index is 12.2. The van der Waals surface area contributed by atoms with E-state index in [-0.39, 0.29) is 40.7 Å². The Balaban J connectivity index is 0.00000147. The first-order valence-electron chi connectivity index (χ1n) is 6.26. The lowest BCUT2D eigenvalue weighted by Crippen LogP contribution is -2.63. The van der Waals surface area contributed by atoms with Crippen molar-refractivity contribution in [3.05, 3.63) is 27.7 Å². The van der Waals surface area contributed by atoms with Crippen molar-refractivity contribution in [1.82, 2.24) is 10.6 Å². The van der Waals surface area contributed by atoms with Crippen molar-refractivity contribution in [3.63, 3.8) is 0 Å². The molecule has 2 aliphatic rings. The van der Waals surface area contributed by atoms with Gasteiger partial charge < -0.3 is 15.7 Å². The summed E-state index contributed by atoms with van der Waals surface area (Å²) in [6, 6.07) is 3.04. The molecule has 1 heterocycles. The number of halogens is 3. The van der Waals surface area contributed by atoms with Crippen molar-refractivity contribution in [2.45, 2.75) is 12.5 Å². The average Bonchev–Trinajstić information content (AvgIpc) is 2.40. The molecule has 2 fully saturated rings. The van der Waals surface area contributed by atoms with Gasteiger partial charge in [0.1, 0.15) is 5.75 Å². The number of phenols is 1. The fraction of sp³-hybridized carbons (Fsp3) is 0.462. The molecule has 3 rings (SSSR count). The lowest BCUT2D eigenvalue weighted by atomic mass is 9.67. The van der Waals surface area contributed by atoms with Crippen LogP contribution in [0.15, 0.2) is 12.1 Å². The Labute approximate surface area is 133 Å². The molecule has 1 saturated heterocycles. The van der Waals surface area contributed by atoms with Gasteiger partial charge in [-0.1, -0.05) is 23.2 Å². The van der Waals surface area contributed by atoms with Crippen LogP contribution in [0, 0.1) is 11.8 Å². The number of hydrogen-bond donors (Lipinski definition) is 3. The van der Waals surface area contributed by atoms with Gasteiger partial charge in [0.15, 0.2) is 0 Å². The summed E-state index contributed by atoms with van der Waals surface area (Å²) in [7, 11) is 0. The summed E-state index contributed by atoms with van der Waals surface area (Å²) in [5.41, 5.74) is 0.135. The summed E-state index contributed by atoms with van der Waals surface area (Å²) in [6.07, 6.45) is 1.15. The Morgan fingerprint density at radius 1 is 1.30 bits per heavy atom. The number of nitrogens with one attached hydrogen (secondary N) is 2. The molecule has 110 valence electrons. The van der Waals surface area contributed by atoms with Gasteiger partial charge in [0.05, 0.1) is 10.6 Å². The van der Waals surface area contributed by atoms with E-state index in [1.807, 2.05) is 0 Å². The molecule has 3 N–H and O–H groups in total. The SMILES string of the molecule is Cl.O=C(NC1C2CNCC1C2)c1cc(Cl)cc(Cl)c1O. The van der Waals surface area contributed by atoms with Gasteiger partial charge in [-0.05, 0) is 43.5 Å². The number of carbonyl (C=O) groups is 1. The number of benzene rings is 1. The van der Waals surface area contributed by atoms with E-state index in [0.717, 1.165) is 19.5 Å². The number of rotatable bonds is 2. The first-order chi connectivity index (χ1) is 9.06. The maximum absolute atomic E-state index is 12.2. The zero-order valence-corrected chi connectivity index (χ0v) is 12.9. The van der Waals surface area contributed by atoms with E-state index < -0.39 is 0 Å². The zero-order valence-electron chi connectivity index (χ0n) is 10.5. The fourth-order valence-electron chi connectivity index (χ4n) is 2.95. The highest BCUT2D eigenvalue weighted by atomic mass is 35.5. The normalized spacial score (nSPS) is 27.2. The van der Waals surface area contributed by atoms with Gasteiger partial charge in [-0.25, -0.2) is 0 Å². The lowest BCUT2D eigenvalue weighted by molar-refractivity contribution is 0.0548. The Bertz CT molecular complexity index is 525. The average molecular weight is 338 g/mol. The van der Waals surface area contributed by atoms with Gasteiger partial charge in [0.25, 0.3) is 5.91 Å². The Morgan fingerprint density at radius 2 is 1.95 bits per heavy atom. The van der Waals surface area contributed by atoms with Gasteiger partial charge in [-0.15, -0.1) is 12.4 Å². The maximum Gasteiger partial charge on any atom is 0.255 e. The van der Waals surface area contributed by atoms with Crippen molar-refractivity contribution in [1.29, 1.82) is 0 Å². The van der Waals surface area contributed by atoms with Crippen LogP contribution in [0.3, 0.4) is 0 Å². The molecule has 1 saturated carbocycles. The molecule has 1 aromatic rings. The van der Waals surface area contributed by atoms with Gasteiger partial charge in [0, 0.05) is 11.1 Å². The van der Waals surface area contributed by atoms with Gasteiger partial charge in [-0.2, -0.15) is 0 Å². The minimum absolute atomic E-state index is 0. The van der Waals surface area contributed by atoms with E-state index in [9.17, 15) is 9.90 Å². The van der Waals surface area contributed by atoms with Crippen LogP contribution in [0.5, 0.6) is 5.75 Å². The molecule has 1 aromatic carbocycles. The monoisotopic (exact) mass is 336 g/mol. The van der Waals surface area contributed by atoms with E-state index in [2.05, 4.69) is 10.6 Å². The molecule has 2 atom stereocenters. The highest BCUT2D eigenvalue weighted by molar-refractivity contribution is 6.36. The van der Waals surface area contributed by atoms with Crippen molar-refractivity contribution in [2.24, 2.45) is 11.8 Å². The van der Waals surface area contributed by atoms with Crippen LogP contribution in [-0.2, 0) is 0 Å². The first-order valence-corrected chi connectivity index (χ1v) is 7.01. The van der Waals surface area contributed by atoms with Crippen LogP contribution >= 0.6 is 35.6 Å². The first kappa shape index (κ1) is 15.7. The molecule has 0 aromatic heterocycles. The van der Waals surface area contributed by atoms with E-state index >= 15 is 0 Å². The predicted molar refractivity (Wildman–Crippen MR) is 81.1 cm³/mol. The molecule has 2 unspecified atom stereocenters. The van der Waals surface area contributed by atoms with Crippen LogP contribution in [-0.4, -0.2) is 30.1 Å². The zero-order chi connectivity index (χ0) is 13.6. The lowest BCUT2D eigenvalue weighted by Gasteiger charge is -2.49. The largest absolute Gasteiger partial charge is 0.506 e. The summed E-state index contributed by atoms with van der Waals surface area (Å²) in [5, 5.41) is 16.6. The topological polar surface area (TPSA) is 61.4 Å². The quantitative estimate of drug-likeness (QED) is 0.777. The summed E-state index contributed by atoms with van der Waals surface area (Å²) in [6.45, 7) is 1.87. The Morgan fingerprint density at radius 3 is 2.55 bits per heavy atom. The molecule has 1 aliphatic heterocycles. The van der Waals surface area contributed by atoms with E-state index in [1.165, 1.54) is 12.1 Å². The van der Waals surface area contributed by atoms with Crippen LogP contribution in [0.2, 0.25) is 10.0 Å². The van der Waals surface area contributed by atoms with Gasteiger partial charge in [-0.3, -0.25) is 4.79 Å². The summed E-state index contributed by atoms with van der Waals surface area (Å²) in [4.78, 5) is 12.2. The standard InChI is InChI=1S/C13H14Cl2N2O2.ClH/c14-8-2-9(12(18)10(15)3-8)13(19)17-11-6-1-7(11)5-16-4-6;/h2-3,6-7,11,16,18H,1,4-5H2,(H,17,19);1H.